The zero-order valence-corrected chi connectivity index (χ0v) is 11.5. The van der Waals surface area contributed by atoms with E-state index in [0.717, 1.165) is 6.42 Å². The predicted molar refractivity (Wildman–Crippen MR) is 70.8 cm³/mol. The van der Waals surface area contributed by atoms with Crippen LogP contribution in [0.3, 0.4) is 0 Å². The molecule has 1 rings (SSSR count). The molecule has 16 heavy (non-hydrogen) atoms. The van der Waals surface area contributed by atoms with Crippen LogP contribution in [0.4, 0.5) is 0 Å². The van der Waals surface area contributed by atoms with Crippen LogP contribution < -0.4 is 5.32 Å². The van der Waals surface area contributed by atoms with Crippen molar-refractivity contribution in [2.45, 2.75) is 45.8 Å². The molecule has 0 aliphatic heterocycles. The minimum Gasteiger partial charge on any atom is -0.389 e. The maximum Gasteiger partial charge on any atom is 0.0741 e. The van der Waals surface area contributed by atoms with Gasteiger partial charge in [-0.15, -0.1) is 11.3 Å². The zero-order valence-electron chi connectivity index (χ0n) is 10.7. The van der Waals surface area contributed by atoms with Crippen LogP contribution in [0.1, 0.15) is 45.0 Å². The molecule has 2 unspecified atom stereocenters. The SMILES string of the molecule is CCC(C)(O)CNC(c1cccs1)C(C)C. The van der Waals surface area contributed by atoms with Gasteiger partial charge in [-0.2, -0.15) is 0 Å². The number of aliphatic hydroxyl groups is 1. The van der Waals surface area contributed by atoms with Gasteiger partial charge in [0.15, 0.2) is 0 Å². The molecule has 2 atom stereocenters. The number of thiophene rings is 1. The van der Waals surface area contributed by atoms with Crippen LogP contribution in [0.5, 0.6) is 0 Å². The van der Waals surface area contributed by atoms with Crippen molar-refractivity contribution in [1.29, 1.82) is 0 Å². The third-order valence-electron chi connectivity index (χ3n) is 2.98. The molecular weight excluding hydrogens is 218 g/mol. The minimum atomic E-state index is -0.607. The summed E-state index contributed by atoms with van der Waals surface area (Å²) >= 11 is 1.77. The molecule has 2 N–H and O–H groups in total. The van der Waals surface area contributed by atoms with Crippen molar-refractivity contribution < 1.29 is 5.11 Å². The molecule has 0 amide bonds. The molecule has 0 saturated carbocycles. The van der Waals surface area contributed by atoms with Crippen molar-refractivity contribution in [2.24, 2.45) is 5.92 Å². The fourth-order valence-electron chi connectivity index (χ4n) is 1.59. The van der Waals surface area contributed by atoms with Crippen molar-refractivity contribution in [1.82, 2.24) is 5.32 Å². The van der Waals surface area contributed by atoms with Gasteiger partial charge in [-0.05, 0) is 30.7 Å². The molecule has 0 fully saturated rings. The summed E-state index contributed by atoms with van der Waals surface area (Å²) in [7, 11) is 0. The van der Waals surface area contributed by atoms with E-state index in [2.05, 4.69) is 36.7 Å². The summed E-state index contributed by atoms with van der Waals surface area (Å²) in [4.78, 5) is 1.35. The number of hydrogen-bond acceptors (Lipinski definition) is 3. The van der Waals surface area contributed by atoms with Crippen LogP contribution in [0.15, 0.2) is 17.5 Å². The number of hydrogen-bond donors (Lipinski definition) is 2. The van der Waals surface area contributed by atoms with Crippen LogP contribution in [-0.4, -0.2) is 17.3 Å². The Kier molecular flexibility index (Phi) is 4.96. The summed E-state index contributed by atoms with van der Waals surface area (Å²) in [6, 6.07) is 4.58. The first kappa shape index (κ1) is 13.7. The van der Waals surface area contributed by atoms with E-state index in [1.54, 1.807) is 11.3 Å². The molecule has 1 aromatic rings. The largest absolute Gasteiger partial charge is 0.389 e. The fraction of sp³-hybridized carbons (Fsp3) is 0.692. The molecule has 2 nitrogen and oxygen atoms in total. The molecule has 1 heterocycles. The average Bonchev–Trinajstić information content (AvgIpc) is 2.71. The Labute approximate surface area is 103 Å². The van der Waals surface area contributed by atoms with Crippen LogP contribution in [-0.2, 0) is 0 Å². The third kappa shape index (κ3) is 3.89. The highest BCUT2D eigenvalue weighted by Crippen LogP contribution is 2.26. The Balaban J connectivity index is 2.60. The van der Waals surface area contributed by atoms with Gasteiger partial charge in [0.1, 0.15) is 0 Å². The van der Waals surface area contributed by atoms with Crippen molar-refractivity contribution in [3.8, 4) is 0 Å². The molecular formula is C13H23NOS. The lowest BCUT2D eigenvalue weighted by molar-refractivity contribution is 0.0511. The number of rotatable bonds is 6. The highest BCUT2D eigenvalue weighted by molar-refractivity contribution is 7.10. The highest BCUT2D eigenvalue weighted by Gasteiger charge is 2.22. The van der Waals surface area contributed by atoms with Gasteiger partial charge in [-0.1, -0.05) is 26.8 Å². The van der Waals surface area contributed by atoms with Gasteiger partial charge in [-0.25, -0.2) is 0 Å². The second-order valence-electron chi connectivity index (χ2n) is 4.97. The Morgan fingerprint density at radius 2 is 2.19 bits per heavy atom. The van der Waals surface area contributed by atoms with Crippen molar-refractivity contribution in [3.63, 3.8) is 0 Å². The van der Waals surface area contributed by atoms with E-state index in [-0.39, 0.29) is 0 Å². The minimum absolute atomic E-state index is 0.345. The highest BCUT2D eigenvalue weighted by atomic mass is 32.1. The number of nitrogens with one attached hydrogen (secondary N) is 1. The van der Waals surface area contributed by atoms with Crippen LogP contribution >= 0.6 is 11.3 Å². The lowest BCUT2D eigenvalue weighted by Crippen LogP contribution is -2.40. The first-order valence-corrected chi connectivity index (χ1v) is 6.83. The van der Waals surface area contributed by atoms with Crippen LogP contribution in [0.2, 0.25) is 0 Å². The lowest BCUT2D eigenvalue weighted by Gasteiger charge is -2.27. The second kappa shape index (κ2) is 5.80. The molecule has 0 radical (unpaired) electrons. The Bertz CT molecular complexity index is 293. The van der Waals surface area contributed by atoms with E-state index in [1.165, 1.54) is 4.88 Å². The molecule has 0 spiro atoms. The van der Waals surface area contributed by atoms with Gasteiger partial charge >= 0.3 is 0 Å². The summed E-state index contributed by atoms with van der Waals surface area (Å²) in [6.45, 7) is 8.95. The normalized spacial score (nSPS) is 17.4. The Morgan fingerprint density at radius 3 is 2.62 bits per heavy atom. The summed E-state index contributed by atoms with van der Waals surface area (Å²) in [6.07, 6.45) is 0.773. The molecule has 3 heteroatoms. The van der Waals surface area contributed by atoms with Gasteiger partial charge in [0.25, 0.3) is 0 Å². The van der Waals surface area contributed by atoms with Gasteiger partial charge in [-0.3, -0.25) is 0 Å². The van der Waals surface area contributed by atoms with Gasteiger partial charge < -0.3 is 10.4 Å². The predicted octanol–water partition coefficient (Wildman–Crippen LogP) is 3.20. The smallest absolute Gasteiger partial charge is 0.0741 e. The Hall–Kier alpha value is -0.380. The lowest BCUT2D eigenvalue weighted by atomic mass is 9.99. The topological polar surface area (TPSA) is 32.3 Å². The van der Waals surface area contributed by atoms with Gasteiger partial charge in [0.2, 0.25) is 0 Å². The van der Waals surface area contributed by atoms with E-state index in [0.29, 0.717) is 18.5 Å². The zero-order chi connectivity index (χ0) is 12.2. The van der Waals surface area contributed by atoms with Crippen molar-refractivity contribution >= 4 is 11.3 Å². The van der Waals surface area contributed by atoms with E-state index < -0.39 is 5.60 Å². The van der Waals surface area contributed by atoms with Crippen LogP contribution in [0.25, 0.3) is 0 Å². The molecule has 0 aliphatic carbocycles. The van der Waals surface area contributed by atoms with Gasteiger partial charge in [0, 0.05) is 17.5 Å². The van der Waals surface area contributed by atoms with Crippen molar-refractivity contribution in [3.05, 3.63) is 22.4 Å². The third-order valence-corrected chi connectivity index (χ3v) is 3.94. The summed E-state index contributed by atoms with van der Waals surface area (Å²) in [5.74, 6) is 0.534. The quantitative estimate of drug-likeness (QED) is 0.801. The van der Waals surface area contributed by atoms with E-state index in [1.807, 2.05) is 13.8 Å². The van der Waals surface area contributed by atoms with E-state index in [9.17, 15) is 5.11 Å². The molecule has 0 bridgehead atoms. The average molecular weight is 241 g/mol. The summed E-state index contributed by atoms with van der Waals surface area (Å²) in [5.41, 5.74) is -0.607. The summed E-state index contributed by atoms with van der Waals surface area (Å²) in [5, 5.41) is 15.6. The second-order valence-corrected chi connectivity index (χ2v) is 5.95. The maximum atomic E-state index is 9.99. The summed E-state index contributed by atoms with van der Waals surface area (Å²) < 4.78 is 0. The monoisotopic (exact) mass is 241 g/mol. The molecule has 0 saturated heterocycles. The molecule has 0 aromatic carbocycles. The van der Waals surface area contributed by atoms with Gasteiger partial charge in [0.05, 0.1) is 5.60 Å². The Morgan fingerprint density at radius 1 is 1.50 bits per heavy atom. The van der Waals surface area contributed by atoms with Crippen LogP contribution in [0, 0.1) is 5.92 Å². The first-order valence-electron chi connectivity index (χ1n) is 5.95. The standard InChI is InChI=1S/C13H23NOS/c1-5-13(4,15)9-14-12(10(2)3)11-7-6-8-16-11/h6-8,10,12,14-15H,5,9H2,1-4H3. The van der Waals surface area contributed by atoms with E-state index in [4.69, 9.17) is 0 Å². The molecule has 0 aliphatic rings. The van der Waals surface area contributed by atoms with E-state index >= 15 is 0 Å². The first-order chi connectivity index (χ1) is 7.46. The van der Waals surface area contributed by atoms with Crippen molar-refractivity contribution in [2.75, 3.05) is 6.54 Å². The molecule has 1 aromatic heterocycles. The molecule has 92 valence electrons. The maximum absolute atomic E-state index is 9.99. The fourth-order valence-corrected chi connectivity index (χ4v) is 2.56.